The molecule has 0 fully saturated rings. The van der Waals surface area contributed by atoms with Crippen molar-refractivity contribution in [2.45, 2.75) is 57.6 Å². The van der Waals surface area contributed by atoms with Gasteiger partial charge >= 0.3 is 194 Å². The van der Waals surface area contributed by atoms with Crippen LogP contribution in [0.15, 0.2) is 66.9 Å². The summed E-state index contributed by atoms with van der Waals surface area (Å²) in [5, 5.41) is 4.08. The van der Waals surface area contributed by atoms with Crippen LogP contribution < -0.4 is 14.0 Å². The number of hydrogen-bond donors (Lipinski definition) is 0. The molecule has 1 aliphatic rings. The first-order valence-electron chi connectivity index (χ1n) is 12.7. The van der Waals surface area contributed by atoms with Crippen molar-refractivity contribution in [2.75, 3.05) is 0 Å². The zero-order valence-corrected chi connectivity index (χ0v) is 25.5. The average molecular weight is 540 g/mol. The van der Waals surface area contributed by atoms with Crippen molar-refractivity contribution in [1.82, 2.24) is 4.98 Å². The zero-order valence-electron chi connectivity index (χ0n) is 22.4. The predicted octanol–water partition coefficient (Wildman–Crippen LogP) is 7.51. The maximum atomic E-state index is 6.95. The van der Waals surface area contributed by atoms with Crippen molar-refractivity contribution >= 4 is 41.9 Å². The molecular formula is C31H37GeNOSi. The van der Waals surface area contributed by atoms with Crippen molar-refractivity contribution in [1.29, 1.82) is 0 Å². The van der Waals surface area contributed by atoms with Crippen LogP contribution in [0, 0.1) is 5.41 Å². The van der Waals surface area contributed by atoms with E-state index in [0.29, 0.717) is 0 Å². The molecule has 2 nitrogen and oxygen atoms in total. The summed E-state index contributed by atoms with van der Waals surface area (Å²) in [5.41, 5.74) is 6.30. The van der Waals surface area contributed by atoms with Gasteiger partial charge in [-0.25, -0.2) is 0 Å². The Hall–Kier alpha value is -2.37. The number of fused-ring (bicyclic) bond motifs is 4. The molecule has 0 saturated carbocycles. The minimum atomic E-state index is -2.17. The fraction of sp³-hybridized carbons (Fsp3) is 0.323. The monoisotopic (exact) mass is 541 g/mol. The molecule has 180 valence electrons. The molecule has 4 aromatic rings. The van der Waals surface area contributed by atoms with Crippen LogP contribution in [0.1, 0.15) is 26.3 Å². The van der Waals surface area contributed by atoms with Crippen LogP contribution in [0.4, 0.5) is 0 Å². The maximum absolute atomic E-state index is 6.95. The molecule has 0 unspecified atom stereocenters. The van der Waals surface area contributed by atoms with Gasteiger partial charge in [-0.15, -0.1) is 0 Å². The molecular weight excluding hydrogens is 503 g/mol. The summed E-state index contributed by atoms with van der Waals surface area (Å²) in [4.78, 5) is 4.91. The van der Waals surface area contributed by atoms with Crippen LogP contribution in [-0.4, -0.2) is 26.6 Å². The van der Waals surface area contributed by atoms with Crippen LogP contribution in [-0.2, 0) is 6.42 Å². The fourth-order valence-electron chi connectivity index (χ4n) is 5.39. The topological polar surface area (TPSA) is 22.1 Å². The first-order chi connectivity index (χ1) is 16.3. The van der Waals surface area contributed by atoms with Crippen LogP contribution >= 0.6 is 0 Å². The Bertz CT molecular complexity index is 1440. The number of hydrogen-bond acceptors (Lipinski definition) is 2. The van der Waals surface area contributed by atoms with Crippen molar-refractivity contribution in [2.24, 2.45) is 5.41 Å². The third-order valence-electron chi connectivity index (χ3n) is 6.96. The molecule has 2 heterocycles. The van der Waals surface area contributed by atoms with Crippen molar-refractivity contribution in [3.8, 4) is 28.1 Å². The van der Waals surface area contributed by atoms with Gasteiger partial charge in [0.25, 0.3) is 0 Å². The molecule has 0 N–H and O–H groups in total. The average Bonchev–Trinajstić information content (AvgIpc) is 2.76. The molecule has 3 aromatic carbocycles. The van der Waals surface area contributed by atoms with E-state index in [1.165, 1.54) is 42.6 Å². The Balaban J connectivity index is 1.71. The zero-order chi connectivity index (χ0) is 25.2. The van der Waals surface area contributed by atoms with Gasteiger partial charge in [0.05, 0.1) is 0 Å². The van der Waals surface area contributed by atoms with Crippen LogP contribution in [0.25, 0.3) is 33.2 Å². The fourth-order valence-corrected chi connectivity index (χ4v) is 11.0. The number of nitrogens with zero attached hydrogens (tertiary/aromatic N) is 1. The van der Waals surface area contributed by atoms with Gasteiger partial charge in [-0.3, -0.25) is 0 Å². The Kier molecular flexibility index (Phi) is 5.80. The summed E-state index contributed by atoms with van der Waals surface area (Å²) in [6.45, 7) is 11.6. The molecule has 35 heavy (non-hydrogen) atoms. The van der Waals surface area contributed by atoms with E-state index in [1.54, 1.807) is 0 Å². The third-order valence-corrected chi connectivity index (χ3v) is 13.6. The standard InChI is InChI=1S/C31H37GeNOSi/c1-31(2,3)20-21-13-14-25-26-15-16-33-29(30(26)34-35(7,8)28(25)17-21)23-18-22-11-9-10-12-24(22)27(19-23)32(4,5)6/h9-19H,20H2,1-8H3. The number of benzene rings is 3. The van der Waals surface area contributed by atoms with E-state index in [2.05, 4.69) is 112 Å². The van der Waals surface area contributed by atoms with Gasteiger partial charge in [0, 0.05) is 0 Å². The second kappa shape index (κ2) is 8.35. The van der Waals surface area contributed by atoms with Gasteiger partial charge in [0.2, 0.25) is 0 Å². The number of aromatic nitrogens is 1. The molecule has 1 aliphatic heterocycles. The van der Waals surface area contributed by atoms with E-state index in [-0.39, 0.29) is 5.41 Å². The molecule has 0 aliphatic carbocycles. The Morgan fingerprint density at radius 3 is 2.34 bits per heavy atom. The van der Waals surface area contributed by atoms with Gasteiger partial charge in [0.1, 0.15) is 0 Å². The molecule has 0 saturated heterocycles. The number of pyridine rings is 1. The quantitative estimate of drug-likeness (QED) is 0.251. The van der Waals surface area contributed by atoms with Crippen molar-refractivity contribution < 1.29 is 4.43 Å². The molecule has 0 atom stereocenters. The second-order valence-electron chi connectivity index (χ2n) is 12.8. The summed E-state index contributed by atoms with van der Waals surface area (Å²) < 4.78 is 8.47. The Morgan fingerprint density at radius 2 is 1.63 bits per heavy atom. The predicted molar refractivity (Wildman–Crippen MR) is 156 cm³/mol. The van der Waals surface area contributed by atoms with E-state index < -0.39 is 21.6 Å². The number of rotatable bonds is 3. The van der Waals surface area contributed by atoms with E-state index in [1.807, 2.05) is 6.20 Å². The summed E-state index contributed by atoms with van der Waals surface area (Å²) in [6.07, 6.45) is 3.02. The van der Waals surface area contributed by atoms with Gasteiger partial charge < -0.3 is 0 Å². The summed E-state index contributed by atoms with van der Waals surface area (Å²) in [7, 11) is -2.17. The van der Waals surface area contributed by atoms with E-state index in [0.717, 1.165) is 17.9 Å². The second-order valence-corrected chi connectivity index (χ2v) is 27.1. The van der Waals surface area contributed by atoms with Crippen LogP contribution in [0.2, 0.25) is 30.4 Å². The molecule has 0 spiro atoms. The van der Waals surface area contributed by atoms with E-state index in [4.69, 9.17) is 9.41 Å². The molecule has 0 radical (unpaired) electrons. The minimum absolute atomic E-state index is 0.260. The first kappa shape index (κ1) is 24.3. The van der Waals surface area contributed by atoms with Crippen molar-refractivity contribution in [3.05, 3.63) is 72.4 Å². The molecule has 0 amide bonds. The van der Waals surface area contributed by atoms with E-state index >= 15 is 0 Å². The first-order valence-corrected chi connectivity index (χ1v) is 22.9. The Labute approximate surface area is 214 Å². The van der Waals surface area contributed by atoms with Gasteiger partial charge in [-0.1, -0.05) is 20.8 Å². The van der Waals surface area contributed by atoms with Gasteiger partial charge in [-0.2, -0.15) is 0 Å². The summed E-state index contributed by atoms with van der Waals surface area (Å²) in [6, 6.07) is 22.7. The molecule has 0 bridgehead atoms. The van der Waals surface area contributed by atoms with Crippen molar-refractivity contribution in [3.63, 3.8) is 0 Å². The van der Waals surface area contributed by atoms with Gasteiger partial charge in [-0.05, 0) is 0 Å². The van der Waals surface area contributed by atoms with Crippen LogP contribution in [0.3, 0.4) is 0 Å². The molecule has 5 rings (SSSR count). The normalized spacial score (nSPS) is 14.9. The third kappa shape index (κ3) is 4.61. The van der Waals surface area contributed by atoms with Crippen LogP contribution in [0.5, 0.6) is 5.75 Å². The SMILES string of the molecule is CC(C)(C)Cc1ccc2c(c1)[Si](C)(C)Oc1c-2ccnc1-c1c[c]([Ge]([CH3])([CH3])[CH3])c2ccccc2c1. The molecule has 1 aromatic heterocycles. The Morgan fingerprint density at radius 1 is 0.886 bits per heavy atom. The van der Waals surface area contributed by atoms with Gasteiger partial charge in [0.15, 0.2) is 0 Å². The molecule has 4 heteroatoms. The summed E-state index contributed by atoms with van der Waals surface area (Å²) >= 11 is -2.13. The van der Waals surface area contributed by atoms with E-state index in [9.17, 15) is 0 Å². The summed E-state index contributed by atoms with van der Waals surface area (Å²) in [5.74, 6) is 8.37.